The van der Waals surface area contributed by atoms with Crippen LogP contribution in [0.4, 0.5) is 5.69 Å². The molecule has 0 spiro atoms. The number of aromatic nitrogens is 3. The molecule has 2 aromatic heterocycles. The first-order valence-corrected chi connectivity index (χ1v) is 10.7. The van der Waals surface area contributed by atoms with Crippen LogP contribution in [0.2, 0.25) is 0 Å². The molecule has 0 atom stereocenters. The summed E-state index contributed by atoms with van der Waals surface area (Å²) in [6.45, 7) is 2.49. The number of hydrogen-bond donors (Lipinski definition) is 1. The number of aryl methyl sites for hydroxylation is 1. The van der Waals surface area contributed by atoms with Crippen LogP contribution in [-0.4, -0.2) is 33.5 Å². The van der Waals surface area contributed by atoms with Gasteiger partial charge in [0.25, 0.3) is 0 Å². The molecule has 31 heavy (non-hydrogen) atoms. The molecule has 0 bridgehead atoms. The number of furan rings is 1. The van der Waals surface area contributed by atoms with Crippen LogP contribution in [0.1, 0.15) is 11.3 Å². The molecular weight excluding hydrogens is 412 g/mol. The van der Waals surface area contributed by atoms with Gasteiger partial charge in [-0.3, -0.25) is 9.36 Å². The Kier molecular flexibility index (Phi) is 6.37. The number of ether oxygens (including phenoxy) is 1. The van der Waals surface area contributed by atoms with E-state index in [0.29, 0.717) is 29.0 Å². The third-order valence-corrected chi connectivity index (χ3v) is 5.65. The van der Waals surface area contributed by atoms with Crippen molar-refractivity contribution in [2.24, 2.45) is 0 Å². The molecule has 158 valence electrons. The van der Waals surface area contributed by atoms with Gasteiger partial charge < -0.3 is 14.5 Å². The van der Waals surface area contributed by atoms with E-state index in [-0.39, 0.29) is 11.7 Å². The van der Waals surface area contributed by atoms with Crippen molar-refractivity contribution in [3.63, 3.8) is 0 Å². The SMILES string of the molecule is COc1cccc(NC(=O)CSc2nnc(-c3ccoc3C)n2Cc2ccccc2)c1. The molecule has 0 radical (unpaired) electrons. The van der Waals surface area contributed by atoms with E-state index in [0.717, 1.165) is 16.9 Å². The fourth-order valence-corrected chi connectivity index (χ4v) is 3.89. The van der Waals surface area contributed by atoms with Crippen LogP contribution in [0.25, 0.3) is 11.4 Å². The van der Waals surface area contributed by atoms with Crippen LogP contribution in [-0.2, 0) is 11.3 Å². The normalized spacial score (nSPS) is 10.8. The smallest absolute Gasteiger partial charge is 0.234 e. The predicted octanol–water partition coefficient (Wildman–Crippen LogP) is 4.63. The second kappa shape index (κ2) is 9.53. The molecular formula is C23H22N4O3S. The average Bonchev–Trinajstić information content (AvgIpc) is 3.38. The molecule has 0 fully saturated rings. The fourth-order valence-electron chi connectivity index (χ4n) is 3.15. The van der Waals surface area contributed by atoms with E-state index in [1.807, 2.05) is 54.0 Å². The number of rotatable bonds is 8. The topological polar surface area (TPSA) is 82.2 Å². The van der Waals surface area contributed by atoms with Crippen LogP contribution in [0, 0.1) is 6.92 Å². The highest BCUT2D eigenvalue weighted by atomic mass is 32.2. The minimum absolute atomic E-state index is 0.131. The zero-order valence-electron chi connectivity index (χ0n) is 17.2. The monoisotopic (exact) mass is 434 g/mol. The molecule has 4 rings (SSSR count). The second-order valence-electron chi connectivity index (χ2n) is 6.84. The van der Waals surface area contributed by atoms with Gasteiger partial charge in [-0.1, -0.05) is 48.2 Å². The molecule has 1 N–H and O–H groups in total. The maximum atomic E-state index is 12.5. The first kappa shape index (κ1) is 20.7. The van der Waals surface area contributed by atoms with Crippen LogP contribution in [0.5, 0.6) is 5.75 Å². The Morgan fingerprint density at radius 3 is 2.71 bits per heavy atom. The number of nitrogens with one attached hydrogen (secondary N) is 1. The third kappa shape index (κ3) is 4.97. The molecule has 0 aliphatic rings. The van der Waals surface area contributed by atoms with Gasteiger partial charge in [0.1, 0.15) is 11.5 Å². The average molecular weight is 435 g/mol. The lowest BCUT2D eigenvalue weighted by atomic mass is 10.2. The molecule has 4 aromatic rings. The molecule has 1 amide bonds. The van der Waals surface area contributed by atoms with Gasteiger partial charge in [0.05, 0.1) is 31.2 Å². The highest BCUT2D eigenvalue weighted by Crippen LogP contribution is 2.28. The van der Waals surface area contributed by atoms with Gasteiger partial charge in [0.2, 0.25) is 5.91 Å². The number of hydrogen-bond acceptors (Lipinski definition) is 6. The molecule has 8 heteroatoms. The van der Waals surface area contributed by atoms with Crippen LogP contribution in [0.3, 0.4) is 0 Å². The Morgan fingerprint density at radius 2 is 1.97 bits per heavy atom. The van der Waals surface area contributed by atoms with Gasteiger partial charge in [0.15, 0.2) is 11.0 Å². The van der Waals surface area contributed by atoms with Crippen molar-refractivity contribution in [1.29, 1.82) is 0 Å². The minimum Gasteiger partial charge on any atom is -0.497 e. The van der Waals surface area contributed by atoms with E-state index in [1.54, 1.807) is 19.4 Å². The zero-order valence-corrected chi connectivity index (χ0v) is 18.1. The number of carbonyl (C=O) groups is 1. The number of methoxy groups -OCH3 is 1. The number of anilines is 1. The van der Waals surface area contributed by atoms with Gasteiger partial charge in [0, 0.05) is 11.8 Å². The highest BCUT2D eigenvalue weighted by Gasteiger charge is 2.18. The van der Waals surface area contributed by atoms with Gasteiger partial charge in [-0.25, -0.2) is 0 Å². The Labute approximate surface area is 184 Å². The minimum atomic E-state index is -0.131. The van der Waals surface area contributed by atoms with E-state index in [4.69, 9.17) is 9.15 Å². The molecule has 2 aromatic carbocycles. The Bertz CT molecular complexity index is 1170. The first-order chi connectivity index (χ1) is 15.1. The Morgan fingerprint density at radius 1 is 1.13 bits per heavy atom. The maximum absolute atomic E-state index is 12.5. The van der Waals surface area contributed by atoms with Gasteiger partial charge >= 0.3 is 0 Å². The fraction of sp³-hybridized carbons (Fsp3) is 0.174. The predicted molar refractivity (Wildman–Crippen MR) is 120 cm³/mol. The summed E-state index contributed by atoms with van der Waals surface area (Å²) >= 11 is 1.34. The molecule has 0 aliphatic heterocycles. The van der Waals surface area contributed by atoms with E-state index in [1.165, 1.54) is 11.8 Å². The van der Waals surface area contributed by atoms with Crippen molar-refractivity contribution in [2.45, 2.75) is 18.6 Å². The van der Waals surface area contributed by atoms with E-state index < -0.39 is 0 Å². The largest absolute Gasteiger partial charge is 0.497 e. The lowest BCUT2D eigenvalue weighted by Gasteiger charge is -2.10. The van der Waals surface area contributed by atoms with E-state index in [9.17, 15) is 4.79 Å². The number of amides is 1. The Balaban J connectivity index is 1.52. The lowest BCUT2D eigenvalue weighted by molar-refractivity contribution is -0.113. The number of carbonyl (C=O) groups excluding carboxylic acids is 1. The van der Waals surface area contributed by atoms with Gasteiger partial charge in [-0.15, -0.1) is 10.2 Å². The summed E-state index contributed by atoms with van der Waals surface area (Å²) in [6, 6.07) is 19.2. The summed E-state index contributed by atoms with van der Waals surface area (Å²) < 4.78 is 12.7. The summed E-state index contributed by atoms with van der Waals surface area (Å²) in [5.41, 5.74) is 2.69. The standard InChI is InChI=1S/C23H22N4O3S/c1-16-20(11-12-30-16)22-25-26-23(27(22)14-17-7-4-3-5-8-17)31-15-21(28)24-18-9-6-10-19(13-18)29-2/h3-13H,14-15H2,1-2H3,(H,24,28). The number of nitrogens with zero attached hydrogens (tertiary/aromatic N) is 3. The molecule has 0 saturated carbocycles. The molecule has 0 saturated heterocycles. The van der Waals surface area contributed by atoms with Crippen molar-refractivity contribution >= 4 is 23.4 Å². The molecule has 7 nitrogen and oxygen atoms in total. The van der Waals surface area contributed by atoms with Gasteiger partial charge in [-0.2, -0.15) is 0 Å². The quantitative estimate of drug-likeness (QED) is 0.407. The van der Waals surface area contributed by atoms with Crippen LogP contribution >= 0.6 is 11.8 Å². The summed E-state index contributed by atoms with van der Waals surface area (Å²) in [6.07, 6.45) is 1.64. The lowest BCUT2D eigenvalue weighted by Crippen LogP contribution is -2.15. The number of benzene rings is 2. The first-order valence-electron chi connectivity index (χ1n) is 9.72. The van der Waals surface area contributed by atoms with E-state index in [2.05, 4.69) is 27.6 Å². The van der Waals surface area contributed by atoms with Crippen LogP contribution < -0.4 is 10.1 Å². The summed E-state index contributed by atoms with van der Waals surface area (Å²) in [4.78, 5) is 12.5. The maximum Gasteiger partial charge on any atom is 0.234 e. The van der Waals surface area contributed by atoms with Crippen molar-refractivity contribution < 1.29 is 13.9 Å². The summed E-state index contributed by atoms with van der Waals surface area (Å²) in [5, 5.41) is 12.3. The third-order valence-electron chi connectivity index (χ3n) is 4.69. The van der Waals surface area contributed by atoms with Gasteiger partial charge in [-0.05, 0) is 30.7 Å². The summed E-state index contributed by atoms with van der Waals surface area (Å²) in [7, 11) is 1.59. The van der Waals surface area contributed by atoms with Crippen molar-refractivity contribution in [2.75, 3.05) is 18.2 Å². The Hall–Kier alpha value is -3.52. The summed E-state index contributed by atoms with van der Waals surface area (Å²) in [5.74, 6) is 2.25. The second-order valence-corrected chi connectivity index (χ2v) is 7.78. The molecule has 2 heterocycles. The molecule has 0 unspecified atom stereocenters. The van der Waals surface area contributed by atoms with E-state index >= 15 is 0 Å². The highest BCUT2D eigenvalue weighted by molar-refractivity contribution is 7.99. The molecule has 0 aliphatic carbocycles. The van der Waals surface area contributed by atoms with Crippen molar-refractivity contribution in [3.8, 4) is 17.1 Å². The van der Waals surface area contributed by atoms with Crippen molar-refractivity contribution in [1.82, 2.24) is 14.8 Å². The van der Waals surface area contributed by atoms with Crippen molar-refractivity contribution in [3.05, 3.63) is 78.3 Å². The number of thioether (sulfide) groups is 1. The zero-order chi connectivity index (χ0) is 21.6. The van der Waals surface area contributed by atoms with Crippen LogP contribution in [0.15, 0.2) is 76.5 Å².